The first-order chi connectivity index (χ1) is 17.4. The number of nitrogens with zero attached hydrogens (tertiary/aromatic N) is 2. The molecule has 4 aromatic rings. The number of hydrogen-bond donors (Lipinski definition) is 1. The molecule has 3 aromatic carbocycles. The number of methoxy groups -OCH3 is 1. The number of rotatable bonds is 6. The second-order valence-electron chi connectivity index (χ2n) is 9.24. The van der Waals surface area contributed by atoms with Crippen LogP contribution in [0.25, 0.3) is 10.9 Å². The van der Waals surface area contributed by atoms with E-state index in [1.807, 2.05) is 67.6 Å². The van der Waals surface area contributed by atoms with Crippen LogP contribution in [0.2, 0.25) is 0 Å². The second kappa shape index (κ2) is 9.56. The Hall–Kier alpha value is -3.42. The molecule has 2 heterocycles. The normalized spacial score (nSPS) is 15.7. The molecule has 36 heavy (non-hydrogen) atoms. The predicted molar refractivity (Wildman–Crippen MR) is 141 cm³/mol. The molecule has 5 rings (SSSR count). The zero-order valence-electron chi connectivity index (χ0n) is 20.5. The number of aromatic nitrogens is 1. The maximum Gasteiger partial charge on any atom is 0.210 e. The smallest absolute Gasteiger partial charge is 0.210 e. The first kappa shape index (κ1) is 24.3. The van der Waals surface area contributed by atoms with Crippen molar-refractivity contribution in [2.24, 2.45) is 0 Å². The number of benzene rings is 3. The number of fused-ring (bicyclic) bond motifs is 1. The highest BCUT2D eigenvalue weighted by Gasteiger charge is 2.36. The summed E-state index contributed by atoms with van der Waals surface area (Å²) in [6.45, 7) is 3.03. The zero-order chi connectivity index (χ0) is 25.3. The summed E-state index contributed by atoms with van der Waals surface area (Å²) in [4.78, 5) is 6.97. The maximum absolute atomic E-state index is 13.9. The van der Waals surface area contributed by atoms with Gasteiger partial charge >= 0.3 is 0 Å². The molecule has 0 amide bonds. The van der Waals surface area contributed by atoms with E-state index in [1.165, 1.54) is 6.20 Å². The Bertz CT molecular complexity index is 1480. The minimum Gasteiger partial charge on any atom is -0.497 e. The zero-order valence-corrected chi connectivity index (χ0v) is 21.3. The molecular weight excluding hydrogens is 472 g/mol. The van der Waals surface area contributed by atoms with E-state index in [0.29, 0.717) is 48.3 Å². The van der Waals surface area contributed by atoms with Crippen molar-refractivity contribution in [3.05, 3.63) is 90.1 Å². The van der Waals surface area contributed by atoms with Gasteiger partial charge in [0.05, 0.1) is 28.8 Å². The highest BCUT2D eigenvalue weighted by Crippen LogP contribution is 2.41. The number of aryl methyl sites for hydroxylation is 1. The molecule has 1 aromatic heterocycles. The number of aliphatic hydroxyl groups is 1. The van der Waals surface area contributed by atoms with Gasteiger partial charge in [-0.25, -0.2) is 8.42 Å². The Labute approximate surface area is 212 Å². The third-order valence-corrected chi connectivity index (χ3v) is 8.93. The molecule has 0 aliphatic carbocycles. The number of hydrogen-bond acceptors (Lipinski definition) is 6. The molecule has 0 bridgehead atoms. The van der Waals surface area contributed by atoms with Gasteiger partial charge in [0.1, 0.15) is 10.6 Å². The fraction of sp³-hybridized carbons (Fsp3) is 0.276. The molecule has 1 saturated heterocycles. The molecule has 186 valence electrons. The fourth-order valence-corrected chi connectivity index (χ4v) is 6.39. The molecule has 6 nitrogen and oxygen atoms in total. The molecule has 1 aliphatic rings. The average Bonchev–Trinajstić information content (AvgIpc) is 2.93. The van der Waals surface area contributed by atoms with E-state index in [1.54, 1.807) is 19.2 Å². The van der Waals surface area contributed by atoms with E-state index in [4.69, 9.17) is 4.74 Å². The topological polar surface area (TPSA) is 79.7 Å². The van der Waals surface area contributed by atoms with Gasteiger partial charge in [-0.1, -0.05) is 49.4 Å². The summed E-state index contributed by atoms with van der Waals surface area (Å²) in [5, 5.41) is 12.1. The van der Waals surface area contributed by atoms with Crippen LogP contribution >= 0.6 is 0 Å². The van der Waals surface area contributed by atoms with Crippen LogP contribution in [0.15, 0.2) is 88.8 Å². The van der Waals surface area contributed by atoms with Crippen molar-refractivity contribution >= 4 is 26.4 Å². The number of ether oxygens (including phenoxy) is 1. The van der Waals surface area contributed by atoms with Crippen LogP contribution in [0.1, 0.15) is 30.9 Å². The van der Waals surface area contributed by atoms with Crippen molar-refractivity contribution in [1.82, 2.24) is 4.98 Å². The van der Waals surface area contributed by atoms with Gasteiger partial charge in [-0.3, -0.25) is 4.98 Å². The maximum atomic E-state index is 13.9. The van der Waals surface area contributed by atoms with Crippen LogP contribution in [0.4, 0.5) is 5.69 Å². The van der Waals surface area contributed by atoms with Gasteiger partial charge in [0.15, 0.2) is 0 Å². The number of anilines is 1. The summed E-state index contributed by atoms with van der Waals surface area (Å²) in [7, 11) is -2.26. The highest BCUT2D eigenvalue weighted by molar-refractivity contribution is 7.91. The molecule has 1 aliphatic heterocycles. The van der Waals surface area contributed by atoms with E-state index < -0.39 is 15.4 Å². The van der Waals surface area contributed by atoms with E-state index in [0.717, 1.165) is 17.5 Å². The summed E-state index contributed by atoms with van der Waals surface area (Å²) in [6.07, 6.45) is 3.26. The largest absolute Gasteiger partial charge is 0.497 e. The van der Waals surface area contributed by atoms with Crippen molar-refractivity contribution in [2.75, 3.05) is 25.1 Å². The van der Waals surface area contributed by atoms with Gasteiger partial charge in [0.2, 0.25) is 9.84 Å². The van der Waals surface area contributed by atoms with Crippen molar-refractivity contribution in [3.8, 4) is 5.75 Å². The van der Waals surface area contributed by atoms with Crippen LogP contribution in [0.5, 0.6) is 5.75 Å². The summed E-state index contributed by atoms with van der Waals surface area (Å²) >= 11 is 0. The highest BCUT2D eigenvalue weighted by atomic mass is 32.2. The van der Waals surface area contributed by atoms with Crippen molar-refractivity contribution in [2.45, 2.75) is 41.6 Å². The summed E-state index contributed by atoms with van der Waals surface area (Å²) in [5.74, 6) is 0.630. The molecule has 7 heteroatoms. The minimum atomic E-state index is -3.84. The molecule has 0 radical (unpaired) electrons. The second-order valence-corrected chi connectivity index (χ2v) is 11.2. The summed E-state index contributed by atoms with van der Waals surface area (Å²) < 4.78 is 33.2. The molecular formula is C29H30N2O4S. The Morgan fingerprint density at radius 2 is 1.69 bits per heavy atom. The lowest BCUT2D eigenvalue weighted by Crippen LogP contribution is -2.43. The van der Waals surface area contributed by atoms with E-state index in [9.17, 15) is 13.5 Å². The SMILES string of the molecule is CCc1ccc(S(=O)(=O)c2cnc3ccc(OC)cc3c2N2CCC(O)(c3ccccc3)CC2)cc1. The van der Waals surface area contributed by atoms with Gasteiger partial charge in [0.25, 0.3) is 0 Å². The summed E-state index contributed by atoms with van der Waals surface area (Å²) in [5.41, 5.74) is 2.30. The van der Waals surface area contributed by atoms with Crippen LogP contribution in [0, 0.1) is 0 Å². The van der Waals surface area contributed by atoms with Crippen LogP contribution in [-0.4, -0.2) is 38.7 Å². The summed E-state index contributed by atoms with van der Waals surface area (Å²) in [6, 6.07) is 22.2. The van der Waals surface area contributed by atoms with Crippen molar-refractivity contribution in [1.29, 1.82) is 0 Å². The molecule has 1 N–H and O–H groups in total. The lowest BCUT2D eigenvalue weighted by atomic mass is 9.84. The van der Waals surface area contributed by atoms with Gasteiger partial charge < -0.3 is 14.7 Å². The molecule has 0 spiro atoms. The Kier molecular flexibility index (Phi) is 6.45. The Morgan fingerprint density at radius 3 is 2.33 bits per heavy atom. The monoisotopic (exact) mass is 502 g/mol. The molecule has 0 atom stereocenters. The third kappa shape index (κ3) is 4.33. The number of piperidine rings is 1. The minimum absolute atomic E-state index is 0.164. The third-order valence-electron chi connectivity index (χ3n) is 7.16. The fourth-order valence-electron chi connectivity index (χ4n) is 4.96. The van der Waals surface area contributed by atoms with E-state index in [-0.39, 0.29) is 9.79 Å². The van der Waals surface area contributed by atoms with Gasteiger partial charge in [-0.2, -0.15) is 0 Å². The predicted octanol–water partition coefficient (Wildman–Crippen LogP) is 5.13. The van der Waals surface area contributed by atoms with Crippen LogP contribution < -0.4 is 9.64 Å². The first-order valence-electron chi connectivity index (χ1n) is 12.2. The Morgan fingerprint density at radius 1 is 1.00 bits per heavy atom. The van der Waals surface area contributed by atoms with Crippen molar-refractivity contribution < 1.29 is 18.3 Å². The van der Waals surface area contributed by atoms with Crippen LogP contribution in [-0.2, 0) is 21.9 Å². The number of pyridine rings is 1. The van der Waals surface area contributed by atoms with E-state index in [2.05, 4.69) is 9.88 Å². The van der Waals surface area contributed by atoms with Gasteiger partial charge in [0, 0.05) is 24.7 Å². The lowest BCUT2D eigenvalue weighted by molar-refractivity contribution is 0.0117. The first-order valence-corrected chi connectivity index (χ1v) is 13.7. The van der Waals surface area contributed by atoms with Gasteiger partial charge in [-0.15, -0.1) is 0 Å². The van der Waals surface area contributed by atoms with Crippen molar-refractivity contribution in [3.63, 3.8) is 0 Å². The molecule has 1 fully saturated rings. The van der Waals surface area contributed by atoms with E-state index >= 15 is 0 Å². The standard InChI is InChI=1S/C29H30N2O4S/c1-3-21-9-12-24(13-10-21)36(33,34)27-20-30-26-14-11-23(35-2)19-25(26)28(27)31-17-15-29(32,16-18-31)22-7-5-4-6-8-22/h4-14,19-20,32H,3,15-18H2,1-2H3. The van der Waals surface area contributed by atoms with Crippen LogP contribution in [0.3, 0.4) is 0 Å². The Balaban J connectivity index is 1.61. The molecule has 0 unspecified atom stereocenters. The number of sulfone groups is 1. The molecule has 0 saturated carbocycles. The quantitative estimate of drug-likeness (QED) is 0.394. The van der Waals surface area contributed by atoms with Gasteiger partial charge in [-0.05, 0) is 60.7 Å². The average molecular weight is 503 g/mol. The lowest BCUT2D eigenvalue weighted by Gasteiger charge is -2.40.